The lowest BCUT2D eigenvalue weighted by Crippen LogP contribution is -2.06. The molecule has 100 valence electrons. The van der Waals surface area contributed by atoms with Crippen molar-refractivity contribution in [3.63, 3.8) is 0 Å². The number of hydrogen-bond acceptors (Lipinski definition) is 5. The summed E-state index contributed by atoms with van der Waals surface area (Å²) in [5, 5.41) is 10.1. The molecule has 0 bridgehead atoms. The van der Waals surface area contributed by atoms with Crippen LogP contribution in [0.2, 0.25) is 0 Å². The van der Waals surface area contributed by atoms with E-state index in [-0.39, 0.29) is 21.3 Å². The second kappa shape index (κ2) is 5.40. The van der Waals surface area contributed by atoms with Crippen LogP contribution in [0.4, 0.5) is 0 Å². The van der Waals surface area contributed by atoms with Crippen LogP contribution in [0.5, 0.6) is 0 Å². The van der Waals surface area contributed by atoms with E-state index in [1.54, 1.807) is 12.1 Å². The minimum absolute atomic E-state index is 0.110. The van der Waals surface area contributed by atoms with Crippen molar-refractivity contribution >= 4 is 43.1 Å². The van der Waals surface area contributed by atoms with E-state index in [9.17, 15) is 13.2 Å². The maximum atomic E-state index is 12.1. The Morgan fingerprint density at radius 1 is 1.32 bits per heavy atom. The van der Waals surface area contributed by atoms with E-state index in [1.165, 1.54) is 17.5 Å². The third-order valence-corrected chi connectivity index (χ3v) is 5.32. The van der Waals surface area contributed by atoms with Gasteiger partial charge in [-0.2, -0.15) is 0 Å². The van der Waals surface area contributed by atoms with Crippen molar-refractivity contribution in [2.45, 2.75) is 10.6 Å². The molecule has 0 fully saturated rings. The SMILES string of the molecule is O=C(O)c1nc(CS(=O)(=O)c2ccc(Br)cc2)cs1. The first-order valence-corrected chi connectivity index (χ1v) is 8.37. The number of halogens is 1. The molecule has 0 atom stereocenters. The van der Waals surface area contributed by atoms with E-state index in [0.29, 0.717) is 0 Å². The predicted octanol–water partition coefficient (Wildman–Crippen LogP) is 2.58. The number of carboxylic acids is 1. The summed E-state index contributed by atoms with van der Waals surface area (Å²) in [6, 6.07) is 6.25. The summed E-state index contributed by atoms with van der Waals surface area (Å²) >= 11 is 4.14. The minimum atomic E-state index is -3.51. The van der Waals surface area contributed by atoms with Gasteiger partial charge in [-0.1, -0.05) is 15.9 Å². The number of nitrogens with zero attached hydrogens (tertiary/aromatic N) is 1. The zero-order valence-electron chi connectivity index (χ0n) is 9.41. The first-order chi connectivity index (χ1) is 8.88. The highest BCUT2D eigenvalue weighted by molar-refractivity contribution is 9.10. The second-order valence-corrected chi connectivity index (χ2v) is 7.43. The molecule has 0 spiro atoms. The predicted molar refractivity (Wildman–Crippen MR) is 74.1 cm³/mol. The monoisotopic (exact) mass is 361 g/mol. The molecule has 1 aromatic carbocycles. The molecule has 2 rings (SSSR count). The van der Waals surface area contributed by atoms with Gasteiger partial charge in [-0.25, -0.2) is 18.2 Å². The molecule has 19 heavy (non-hydrogen) atoms. The molecule has 1 N–H and O–H groups in total. The third kappa shape index (κ3) is 3.40. The van der Waals surface area contributed by atoms with E-state index >= 15 is 0 Å². The van der Waals surface area contributed by atoms with Gasteiger partial charge in [-0.3, -0.25) is 0 Å². The first kappa shape index (κ1) is 14.2. The Kier molecular flexibility index (Phi) is 4.02. The normalized spacial score (nSPS) is 11.4. The van der Waals surface area contributed by atoms with Gasteiger partial charge >= 0.3 is 5.97 Å². The molecule has 1 heterocycles. The van der Waals surface area contributed by atoms with Crippen LogP contribution in [0.3, 0.4) is 0 Å². The van der Waals surface area contributed by atoms with Gasteiger partial charge in [0, 0.05) is 9.85 Å². The van der Waals surface area contributed by atoms with Crippen LogP contribution < -0.4 is 0 Å². The fourth-order valence-electron chi connectivity index (χ4n) is 1.39. The van der Waals surface area contributed by atoms with Crippen molar-refractivity contribution in [2.75, 3.05) is 0 Å². The van der Waals surface area contributed by atoms with Crippen molar-refractivity contribution in [3.05, 3.63) is 44.8 Å². The maximum Gasteiger partial charge on any atom is 0.365 e. The highest BCUT2D eigenvalue weighted by Crippen LogP contribution is 2.20. The standard InChI is InChI=1S/C11H8BrNO4S2/c12-7-1-3-9(4-2-7)19(16,17)6-8-5-18-10(13-8)11(14)15/h1-5H,6H2,(H,14,15). The quantitative estimate of drug-likeness (QED) is 0.904. The molecular formula is C11H8BrNO4S2. The van der Waals surface area contributed by atoms with Gasteiger partial charge in [0.2, 0.25) is 5.01 Å². The number of carboxylic acid groups (broad SMARTS) is 1. The molecule has 2 aromatic rings. The van der Waals surface area contributed by atoms with Crippen LogP contribution in [0, 0.1) is 0 Å². The lowest BCUT2D eigenvalue weighted by molar-refractivity contribution is 0.0696. The van der Waals surface area contributed by atoms with Gasteiger partial charge in [0.1, 0.15) is 0 Å². The Bertz CT molecular complexity index is 707. The smallest absolute Gasteiger partial charge is 0.365 e. The lowest BCUT2D eigenvalue weighted by atomic mass is 10.4. The van der Waals surface area contributed by atoms with Crippen LogP contribution >= 0.6 is 27.3 Å². The molecule has 0 saturated carbocycles. The molecule has 0 aliphatic rings. The number of aromatic carboxylic acids is 1. The fourth-order valence-corrected chi connectivity index (χ4v) is 3.67. The van der Waals surface area contributed by atoms with E-state index in [4.69, 9.17) is 5.11 Å². The van der Waals surface area contributed by atoms with Gasteiger partial charge in [-0.15, -0.1) is 11.3 Å². The Hall–Kier alpha value is -1.25. The molecule has 8 heteroatoms. The van der Waals surface area contributed by atoms with Crippen LogP contribution in [0.1, 0.15) is 15.5 Å². The summed E-state index contributed by atoms with van der Waals surface area (Å²) in [5.41, 5.74) is 0.241. The van der Waals surface area contributed by atoms with E-state index in [2.05, 4.69) is 20.9 Å². The summed E-state index contributed by atoms with van der Waals surface area (Å²) in [5.74, 6) is -1.46. The Morgan fingerprint density at radius 3 is 2.47 bits per heavy atom. The topological polar surface area (TPSA) is 84.3 Å². The van der Waals surface area contributed by atoms with Gasteiger partial charge in [0.05, 0.1) is 16.3 Å². The number of carbonyl (C=O) groups is 1. The zero-order chi connectivity index (χ0) is 14.0. The van der Waals surface area contributed by atoms with Crippen molar-refractivity contribution in [1.29, 1.82) is 0 Å². The van der Waals surface area contributed by atoms with E-state index in [0.717, 1.165) is 15.8 Å². The van der Waals surface area contributed by atoms with Crippen molar-refractivity contribution in [2.24, 2.45) is 0 Å². The van der Waals surface area contributed by atoms with Gasteiger partial charge in [0.25, 0.3) is 0 Å². The second-order valence-electron chi connectivity index (χ2n) is 3.66. The fraction of sp³-hybridized carbons (Fsp3) is 0.0909. The number of benzene rings is 1. The average Bonchev–Trinajstić information content (AvgIpc) is 2.77. The highest BCUT2D eigenvalue weighted by Gasteiger charge is 2.18. The molecular weight excluding hydrogens is 354 g/mol. The third-order valence-electron chi connectivity index (χ3n) is 2.25. The molecule has 0 aliphatic carbocycles. The highest BCUT2D eigenvalue weighted by atomic mass is 79.9. The molecule has 0 amide bonds. The zero-order valence-corrected chi connectivity index (χ0v) is 12.6. The molecule has 0 aliphatic heterocycles. The largest absolute Gasteiger partial charge is 0.476 e. The molecule has 0 unspecified atom stereocenters. The Morgan fingerprint density at radius 2 is 1.95 bits per heavy atom. The van der Waals surface area contributed by atoms with Crippen LogP contribution in [0.15, 0.2) is 39.0 Å². The average molecular weight is 362 g/mol. The molecule has 5 nitrogen and oxygen atoms in total. The van der Waals surface area contributed by atoms with Crippen molar-refractivity contribution in [1.82, 2.24) is 4.98 Å². The van der Waals surface area contributed by atoms with E-state index in [1.807, 2.05) is 0 Å². The molecule has 0 saturated heterocycles. The minimum Gasteiger partial charge on any atom is -0.476 e. The van der Waals surface area contributed by atoms with Crippen molar-refractivity contribution in [3.8, 4) is 0 Å². The Labute approximate surface area is 122 Å². The summed E-state index contributed by atoms with van der Waals surface area (Å²) in [6.07, 6.45) is 0. The molecule has 0 radical (unpaired) electrons. The number of rotatable bonds is 4. The number of thiazole rings is 1. The van der Waals surface area contributed by atoms with Crippen LogP contribution in [0.25, 0.3) is 0 Å². The van der Waals surface area contributed by atoms with Crippen molar-refractivity contribution < 1.29 is 18.3 Å². The number of hydrogen-bond donors (Lipinski definition) is 1. The summed E-state index contributed by atoms with van der Waals surface area (Å²) in [6.45, 7) is 0. The Balaban J connectivity index is 2.25. The van der Waals surface area contributed by atoms with Gasteiger partial charge < -0.3 is 5.11 Å². The van der Waals surface area contributed by atoms with Gasteiger partial charge in [-0.05, 0) is 24.3 Å². The summed E-state index contributed by atoms with van der Waals surface area (Å²) < 4.78 is 25.0. The lowest BCUT2D eigenvalue weighted by Gasteiger charge is -2.02. The van der Waals surface area contributed by atoms with Gasteiger partial charge in [0.15, 0.2) is 9.84 Å². The maximum absolute atomic E-state index is 12.1. The molecule has 1 aromatic heterocycles. The van der Waals surface area contributed by atoms with Crippen LogP contribution in [-0.4, -0.2) is 24.5 Å². The first-order valence-electron chi connectivity index (χ1n) is 5.04. The number of aromatic nitrogens is 1. The van der Waals surface area contributed by atoms with Crippen LogP contribution in [-0.2, 0) is 15.6 Å². The summed E-state index contributed by atoms with van der Waals surface area (Å²) in [4.78, 5) is 14.6. The number of sulfone groups is 1. The van der Waals surface area contributed by atoms with E-state index < -0.39 is 15.8 Å². The summed E-state index contributed by atoms with van der Waals surface area (Å²) in [7, 11) is -3.51.